The van der Waals surface area contributed by atoms with Crippen LogP contribution in [0.2, 0.25) is 0 Å². The Morgan fingerprint density at radius 1 is 1.47 bits per heavy atom. The van der Waals surface area contributed by atoms with Crippen LogP contribution in [0.4, 0.5) is 5.82 Å². The molecule has 0 spiro atoms. The predicted molar refractivity (Wildman–Crippen MR) is 80.7 cm³/mol. The van der Waals surface area contributed by atoms with E-state index < -0.39 is 0 Å². The first kappa shape index (κ1) is 14.7. The molecular formula is C14H22BrN3O. The summed E-state index contributed by atoms with van der Waals surface area (Å²) in [6, 6.07) is 2.00. The van der Waals surface area contributed by atoms with Crippen LogP contribution in [0.5, 0.6) is 0 Å². The highest BCUT2D eigenvalue weighted by Crippen LogP contribution is 2.24. The van der Waals surface area contributed by atoms with Crippen molar-refractivity contribution in [3.05, 3.63) is 16.5 Å². The molecule has 1 aliphatic rings. The maximum absolute atomic E-state index is 5.75. The minimum absolute atomic E-state index is 0.329. The number of piperidine rings is 1. The van der Waals surface area contributed by atoms with E-state index >= 15 is 0 Å². The second kappa shape index (κ2) is 6.66. The summed E-state index contributed by atoms with van der Waals surface area (Å²) in [4.78, 5) is 11.4. The summed E-state index contributed by atoms with van der Waals surface area (Å²) in [6.45, 7) is 9.04. The van der Waals surface area contributed by atoms with Crippen LogP contribution in [-0.2, 0) is 4.74 Å². The van der Waals surface area contributed by atoms with Gasteiger partial charge in [0.2, 0.25) is 0 Å². The molecule has 0 aliphatic carbocycles. The quantitative estimate of drug-likeness (QED) is 0.795. The first-order valence-corrected chi connectivity index (χ1v) is 7.80. The largest absolute Gasteiger partial charge is 0.377 e. The van der Waals surface area contributed by atoms with Crippen LogP contribution in [0, 0.1) is 0 Å². The molecule has 0 bridgehead atoms. The van der Waals surface area contributed by atoms with Gasteiger partial charge in [-0.25, -0.2) is 9.97 Å². The highest BCUT2D eigenvalue weighted by molar-refractivity contribution is 9.10. The normalized spacial score (nSPS) is 20.1. The Morgan fingerprint density at radius 3 is 2.95 bits per heavy atom. The number of nitrogens with zero attached hydrogens (tertiary/aromatic N) is 3. The van der Waals surface area contributed by atoms with Crippen LogP contribution in [0.1, 0.15) is 45.4 Å². The molecule has 0 radical (unpaired) electrons. The molecule has 0 aromatic carbocycles. The minimum Gasteiger partial charge on any atom is -0.377 e. The van der Waals surface area contributed by atoms with E-state index in [9.17, 15) is 0 Å². The van der Waals surface area contributed by atoms with E-state index in [1.54, 1.807) is 0 Å². The third-order valence-corrected chi connectivity index (χ3v) is 3.73. The third-order valence-electron chi connectivity index (χ3n) is 3.32. The zero-order valence-electron chi connectivity index (χ0n) is 11.9. The standard InChI is InChI=1S/C14H22BrN3O/c1-4-19-11-6-5-7-18(9-11)13-8-12(15)16-14(17-13)10(2)3/h8,10-11H,4-7,9H2,1-3H3. The highest BCUT2D eigenvalue weighted by atomic mass is 79.9. The average Bonchev–Trinajstić information content (AvgIpc) is 2.38. The van der Waals surface area contributed by atoms with Gasteiger partial charge < -0.3 is 9.64 Å². The molecule has 1 fully saturated rings. The van der Waals surface area contributed by atoms with Crippen molar-refractivity contribution in [2.45, 2.75) is 45.6 Å². The van der Waals surface area contributed by atoms with E-state index in [1.807, 2.05) is 6.07 Å². The summed E-state index contributed by atoms with van der Waals surface area (Å²) in [5, 5.41) is 0. The van der Waals surface area contributed by atoms with Crippen molar-refractivity contribution < 1.29 is 4.74 Å². The van der Waals surface area contributed by atoms with Gasteiger partial charge >= 0.3 is 0 Å². The number of halogens is 1. The summed E-state index contributed by atoms with van der Waals surface area (Å²) in [5.41, 5.74) is 0. The van der Waals surface area contributed by atoms with Crippen molar-refractivity contribution in [2.24, 2.45) is 0 Å². The second-order valence-corrected chi connectivity index (χ2v) is 6.04. The SMILES string of the molecule is CCOC1CCCN(c2cc(Br)nc(C(C)C)n2)C1. The van der Waals surface area contributed by atoms with Gasteiger partial charge in [0.05, 0.1) is 6.10 Å². The van der Waals surface area contributed by atoms with Crippen molar-refractivity contribution in [1.29, 1.82) is 0 Å². The number of rotatable bonds is 4. The Labute approximate surface area is 123 Å². The van der Waals surface area contributed by atoms with Gasteiger partial charge in [0.15, 0.2) is 0 Å². The van der Waals surface area contributed by atoms with E-state index in [4.69, 9.17) is 4.74 Å². The molecule has 5 heteroatoms. The fourth-order valence-electron chi connectivity index (χ4n) is 2.36. The van der Waals surface area contributed by atoms with Crippen molar-refractivity contribution in [3.8, 4) is 0 Å². The topological polar surface area (TPSA) is 38.2 Å². The van der Waals surface area contributed by atoms with E-state index in [1.165, 1.54) is 0 Å². The first-order valence-electron chi connectivity index (χ1n) is 7.01. The van der Waals surface area contributed by atoms with Gasteiger partial charge in [-0.3, -0.25) is 0 Å². The Hall–Kier alpha value is -0.680. The van der Waals surface area contributed by atoms with Gasteiger partial charge in [-0.05, 0) is 35.7 Å². The van der Waals surface area contributed by atoms with Crippen molar-refractivity contribution >= 4 is 21.7 Å². The number of hydrogen-bond donors (Lipinski definition) is 0. The third kappa shape index (κ3) is 3.89. The minimum atomic E-state index is 0.329. The smallest absolute Gasteiger partial charge is 0.134 e. The van der Waals surface area contributed by atoms with Gasteiger partial charge in [0, 0.05) is 31.7 Å². The van der Waals surface area contributed by atoms with Crippen LogP contribution in [0.25, 0.3) is 0 Å². The summed E-state index contributed by atoms with van der Waals surface area (Å²) in [7, 11) is 0. The number of aromatic nitrogens is 2. The lowest BCUT2D eigenvalue weighted by molar-refractivity contribution is 0.0525. The summed E-state index contributed by atoms with van der Waals surface area (Å²) >= 11 is 3.48. The number of anilines is 1. The van der Waals surface area contributed by atoms with Crippen LogP contribution < -0.4 is 4.90 Å². The van der Waals surface area contributed by atoms with Crippen molar-refractivity contribution in [3.63, 3.8) is 0 Å². The number of hydrogen-bond acceptors (Lipinski definition) is 4. The predicted octanol–water partition coefficient (Wildman–Crippen LogP) is 3.37. The monoisotopic (exact) mass is 327 g/mol. The zero-order valence-corrected chi connectivity index (χ0v) is 13.5. The second-order valence-electron chi connectivity index (χ2n) is 5.23. The lowest BCUT2D eigenvalue weighted by Gasteiger charge is -2.33. The molecule has 0 amide bonds. The van der Waals surface area contributed by atoms with Crippen LogP contribution >= 0.6 is 15.9 Å². The van der Waals surface area contributed by atoms with Gasteiger partial charge in [0.1, 0.15) is 16.2 Å². The molecule has 2 heterocycles. The molecule has 1 aliphatic heterocycles. The molecule has 1 aromatic heterocycles. The Bertz CT molecular complexity index is 423. The van der Waals surface area contributed by atoms with E-state index in [2.05, 4.69) is 51.6 Å². The fraction of sp³-hybridized carbons (Fsp3) is 0.714. The molecule has 0 N–H and O–H groups in total. The maximum Gasteiger partial charge on any atom is 0.134 e. The molecule has 4 nitrogen and oxygen atoms in total. The Morgan fingerprint density at radius 2 is 2.26 bits per heavy atom. The van der Waals surface area contributed by atoms with Gasteiger partial charge in [-0.15, -0.1) is 0 Å². The van der Waals surface area contributed by atoms with Gasteiger partial charge in [-0.2, -0.15) is 0 Å². The molecule has 19 heavy (non-hydrogen) atoms. The molecule has 106 valence electrons. The van der Waals surface area contributed by atoms with Crippen molar-refractivity contribution in [1.82, 2.24) is 9.97 Å². The van der Waals surface area contributed by atoms with E-state index in [0.29, 0.717) is 12.0 Å². The van der Waals surface area contributed by atoms with E-state index in [-0.39, 0.29) is 0 Å². The number of ether oxygens (including phenoxy) is 1. The average molecular weight is 328 g/mol. The van der Waals surface area contributed by atoms with Gasteiger partial charge in [-0.1, -0.05) is 13.8 Å². The summed E-state index contributed by atoms with van der Waals surface area (Å²) in [6.07, 6.45) is 2.63. The van der Waals surface area contributed by atoms with Gasteiger partial charge in [0.25, 0.3) is 0 Å². The highest BCUT2D eigenvalue weighted by Gasteiger charge is 2.22. The fourth-order valence-corrected chi connectivity index (χ4v) is 2.75. The Kier molecular flexibility index (Phi) is 5.16. The molecule has 2 rings (SSSR count). The maximum atomic E-state index is 5.75. The molecule has 0 saturated carbocycles. The molecule has 1 saturated heterocycles. The molecule has 1 atom stereocenters. The van der Waals surface area contributed by atoms with Crippen LogP contribution in [0.15, 0.2) is 10.7 Å². The zero-order chi connectivity index (χ0) is 13.8. The van der Waals surface area contributed by atoms with Crippen molar-refractivity contribution in [2.75, 3.05) is 24.6 Å². The first-order chi connectivity index (χ1) is 9.10. The van der Waals surface area contributed by atoms with Crippen LogP contribution in [-0.4, -0.2) is 35.8 Å². The van der Waals surface area contributed by atoms with E-state index in [0.717, 1.165) is 48.8 Å². The summed E-state index contributed by atoms with van der Waals surface area (Å²) < 4.78 is 6.61. The lowest BCUT2D eigenvalue weighted by Crippen LogP contribution is -2.40. The van der Waals surface area contributed by atoms with Crippen LogP contribution in [0.3, 0.4) is 0 Å². The Balaban J connectivity index is 2.16. The molecule has 1 unspecified atom stereocenters. The lowest BCUT2D eigenvalue weighted by atomic mass is 10.1. The molecular weight excluding hydrogens is 306 g/mol. The summed E-state index contributed by atoms with van der Waals surface area (Å²) in [5.74, 6) is 2.24. The molecule has 1 aromatic rings.